The molecule has 0 bridgehead atoms. The Morgan fingerprint density at radius 1 is 1.19 bits per heavy atom. The van der Waals surface area contributed by atoms with E-state index < -0.39 is 5.60 Å². The Bertz CT molecular complexity index is 996. The van der Waals surface area contributed by atoms with Crippen molar-refractivity contribution in [3.05, 3.63) is 53.1 Å². The van der Waals surface area contributed by atoms with Gasteiger partial charge in [0.1, 0.15) is 18.2 Å². The SMILES string of the molecule is Cc1ncc(C(=O)N2CCOC3(CCCCc4ccccc4OCCNC3=O)C2)c(C)n1. The van der Waals surface area contributed by atoms with Crippen LogP contribution in [0.25, 0.3) is 0 Å². The van der Waals surface area contributed by atoms with Gasteiger partial charge in [-0.05, 0) is 51.2 Å². The average Bonchev–Trinajstić information content (AvgIpc) is 2.79. The highest BCUT2D eigenvalue weighted by molar-refractivity contribution is 5.96. The Kier molecular flexibility index (Phi) is 6.69. The number of aryl methyl sites for hydroxylation is 3. The number of amides is 2. The number of hydrogen-bond donors (Lipinski definition) is 1. The zero-order valence-electron chi connectivity index (χ0n) is 18.7. The zero-order chi connectivity index (χ0) is 22.6. The van der Waals surface area contributed by atoms with Crippen LogP contribution in [0, 0.1) is 13.8 Å². The number of rotatable bonds is 1. The topological polar surface area (TPSA) is 93.7 Å². The number of ether oxygens (including phenoxy) is 2. The molecule has 0 saturated carbocycles. The molecule has 8 heteroatoms. The van der Waals surface area contributed by atoms with Gasteiger partial charge in [0.05, 0.1) is 31.0 Å². The fourth-order valence-electron chi connectivity index (χ4n) is 4.39. The minimum atomic E-state index is -1.06. The van der Waals surface area contributed by atoms with Crippen molar-refractivity contribution in [2.75, 3.05) is 32.8 Å². The van der Waals surface area contributed by atoms with Gasteiger partial charge < -0.3 is 19.7 Å². The van der Waals surface area contributed by atoms with Crippen molar-refractivity contribution in [3.8, 4) is 5.75 Å². The molecule has 0 aliphatic carbocycles. The van der Waals surface area contributed by atoms with Gasteiger partial charge in [-0.2, -0.15) is 0 Å². The van der Waals surface area contributed by atoms with Gasteiger partial charge in [-0.15, -0.1) is 0 Å². The third kappa shape index (κ3) is 4.75. The van der Waals surface area contributed by atoms with E-state index in [9.17, 15) is 9.59 Å². The Hall–Kier alpha value is -3.00. The van der Waals surface area contributed by atoms with Gasteiger partial charge in [-0.1, -0.05) is 18.2 Å². The van der Waals surface area contributed by atoms with Crippen molar-refractivity contribution in [2.24, 2.45) is 0 Å². The Balaban J connectivity index is 1.51. The summed E-state index contributed by atoms with van der Waals surface area (Å²) < 4.78 is 12.0. The lowest BCUT2D eigenvalue weighted by Crippen LogP contribution is -2.61. The van der Waals surface area contributed by atoms with E-state index in [0.29, 0.717) is 49.8 Å². The summed E-state index contributed by atoms with van der Waals surface area (Å²) in [6.07, 6.45) is 4.69. The molecule has 2 aliphatic rings. The quantitative estimate of drug-likeness (QED) is 0.734. The van der Waals surface area contributed by atoms with Crippen LogP contribution >= 0.6 is 0 Å². The summed E-state index contributed by atoms with van der Waals surface area (Å²) in [6, 6.07) is 8.02. The molecule has 1 aromatic heterocycles. The van der Waals surface area contributed by atoms with Crippen molar-refractivity contribution in [3.63, 3.8) is 0 Å². The molecule has 2 aromatic rings. The summed E-state index contributed by atoms with van der Waals surface area (Å²) in [7, 11) is 0. The number of para-hydroxylation sites is 1. The van der Waals surface area contributed by atoms with E-state index in [-0.39, 0.29) is 18.4 Å². The highest BCUT2D eigenvalue weighted by Gasteiger charge is 2.44. The van der Waals surface area contributed by atoms with Crippen LogP contribution in [0.15, 0.2) is 30.5 Å². The second kappa shape index (κ2) is 9.65. The van der Waals surface area contributed by atoms with Gasteiger partial charge in [-0.25, -0.2) is 9.97 Å². The zero-order valence-corrected chi connectivity index (χ0v) is 18.7. The third-order valence-corrected chi connectivity index (χ3v) is 6.11. The minimum Gasteiger partial charge on any atom is -0.491 e. The lowest BCUT2D eigenvalue weighted by atomic mass is 9.91. The van der Waals surface area contributed by atoms with Crippen LogP contribution in [0.4, 0.5) is 0 Å². The van der Waals surface area contributed by atoms with E-state index in [1.807, 2.05) is 18.2 Å². The van der Waals surface area contributed by atoms with Crippen LogP contribution in [-0.2, 0) is 16.0 Å². The first kappa shape index (κ1) is 22.2. The van der Waals surface area contributed by atoms with Crippen molar-refractivity contribution in [2.45, 2.75) is 45.1 Å². The van der Waals surface area contributed by atoms with Crippen molar-refractivity contribution in [1.82, 2.24) is 20.2 Å². The second-order valence-corrected chi connectivity index (χ2v) is 8.40. The molecule has 32 heavy (non-hydrogen) atoms. The highest BCUT2D eigenvalue weighted by Crippen LogP contribution is 2.28. The maximum absolute atomic E-state index is 13.2. The normalized spacial score (nSPS) is 22.2. The number of morpholine rings is 1. The monoisotopic (exact) mass is 438 g/mol. The minimum absolute atomic E-state index is 0.165. The molecule has 1 spiro atoms. The van der Waals surface area contributed by atoms with Crippen LogP contribution in [0.3, 0.4) is 0 Å². The predicted octanol–water partition coefficient (Wildman–Crippen LogP) is 2.23. The van der Waals surface area contributed by atoms with E-state index in [2.05, 4.69) is 21.4 Å². The molecule has 1 atom stereocenters. The predicted molar refractivity (Wildman–Crippen MR) is 119 cm³/mol. The molecule has 1 fully saturated rings. The molecule has 0 radical (unpaired) electrons. The first-order valence-corrected chi connectivity index (χ1v) is 11.2. The van der Waals surface area contributed by atoms with Crippen molar-refractivity contribution in [1.29, 1.82) is 0 Å². The molecule has 2 aliphatic heterocycles. The third-order valence-electron chi connectivity index (χ3n) is 6.11. The van der Waals surface area contributed by atoms with Crippen LogP contribution in [0.1, 0.15) is 46.7 Å². The van der Waals surface area contributed by atoms with Crippen LogP contribution in [-0.4, -0.2) is 65.1 Å². The molecule has 3 heterocycles. The molecule has 1 saturated heterocycles. The molecular formula is C24H30N4O4. The molecule has 4 rings (SSSR count). The van der Waals surface area contributed by atoms with Gasteiger partial charge in [0.15, 0.2) is 5.60 Å². The maximum Gasteiger partial charge on any atom is 0.257 e. The smallest absolute Gasteiger partial charge is 0.257 e. The van der Waals surface area contributed by atoms with Crippen molar-refractivity contribution < 1.29 is 19.1 Å². The average molecular weight is 439 g/mol. The lowest BCUT2D eigenvalue weighted by molar-refractivity contribution is -0.159. The number of nitrogens with zero attached hydrogens (tertiary/aromatic N) is 3. The molecule has 170 valence electrons. The van der Waals surface area contributed by atoms with Crippen LogP contribution < -0.4 is 10.1 Å². The van der Waals surface area contributed by atoms with Gasteiger partial charge in [0, 0.05) is 12.7 Å². The van der Waals surface area contributed by atoms with Crippen LogP contribution in [0.5, 0.6) is 5.75 Å². The van der Waals surface area contributed by atoms with E-state index in [1.54, 1.807) is 24.9 Å². The molecule has 1 aromatic carbocycles. The number of fused-ring (bicyclic) bond motifs is 1. The Morgan fingerprint density at radius 2 is 2.03 bits per heavy atom. The number of aromatic nitrogens is 2. The summed E-state index contributed by atoms with van der Waals surface area (Å²) in [5.74, 6) is 1.14. The number of carbonyl (C=O) groups is 2. The van der Waals surface area contributed by atoms with Crippen molar-refractivity contribution >= 4 is 11.8 Å². The maximum atomic E-state index is 13.2. The lowest BCUT2D eigenvalue weighted by Gasteiger charge is -2.42. The molecule has 1 N–H and O–H groups in total. The first-order valence-electron chi connectivity index (χ1n) is 11.2. The van der Waals surface area contributed by atoms with Gasteiger partial charge in [0.2, 0.25) is 0 Å². The summed E-state index contributed by atoms with van der Waals surface area (Å²) in [6.45, 7) is 5.30. The Labute approximate surface area is 188 Å². The largest absolute Gasteiger partial charge is 0.491 e. The molecule has 8 nitrogen and oxygen atoms in total. The molecule has 1 unspecified atom stereocenters. The summed E-state index contributed by atoms with van der Waals surface area (Å²) in [5.41, 5.74) is 1.21. The van der Waals surface area contributed by atoms with Crippen LogP contribution in [0.2, 0.25) is 0 Å². The summed E-state index contributed by atoms with van der Waals surface area (Å²) in [5, 5.41) is 2.96. The second-order valence-electron chi connectivity index (χ2n) is 8.40. The molecular weight excluding hydrogens is 408 g/mol. The first-order chi connectivity index (χ1) is 15.5. The fraction of sp³-hybridized carbons (Fsp3) is 0.500. The number of nitrogens with one attached hydrogen (secondary N) is 1. The standard InChI is InChI=1S/C24H30N4O4/c1-17-20(15-26-18(2)27-17)22(29)28-12-14-32-24(16-28)10-6-5-8-19-7-3-4-9-21(19)31-13-11-25-23(24)30/h3-4,7,9,15H,5-6,8,10-14,16H2,1-2H3,(H,25,30). The Morgan fingerprint density at radius 3 is 2.88 bits per heavy atom. The number of carbonyl (C=O) groups excluding carboxylic acids is 2. The van der Waals surface area contributed by atoms with E-state index in [0.717, 1.165) is 25.0 Å². The van der Waals surface area contributed by atoms with Gasteiger partial charge >= 0.3 is 0 Å². The summed E-state index contributed by atoms with van der Waals surface area (Å²) in [4.78, 5) is 36.6. The van der Waals surface area contributed by atoms with E-state index >= 15 is 0 Å². The van der Waals surface area contributed by atoms with E-state index in [1.165, 1.54) is 5.56 Å². The number of benzene rings is 1. The van der Waals surface area contributed by atoms with E-state index in [4.69, 9.17) is 9.47 Å². The number of hydrogen-bond acceptors (Lipinski definition) is 6. The fourth-order valence-corrected chi connectivity index (χ4v) is 4.39. The van der Waals surface area contributed by atoms with Gasteiger partial charge in [-0.3, -0.25) is 9.59 Å². The molecule has 2 amide bonds. The highest BCUT2D eigenvalue weighted by atomic mass is 16.5. The summed E-state index contributed by atoms with van der Waals surface area (Å²) >= 11 is 0. The van der Waals surface area contributed by atoms with Gasteiger partial charge in [0.25, 0.3) is 11.8 Å².